The van der Waals surface area contributed by atoms with Crippen molar-refractivity contribution in [1.82, 2.24) is 15.7 Å². The van der Waals surface area contributed by atoms with E-state index in [9.17, 15) is 0 Å². The van der Waals surface area contributed by atoms with Crippen LogP contribution in [0, 0.1) is 5.92 Å². The average molecular weight is 313 g/mol. The van der Waals surface area contributed by atoms with Crippen molar-refractivity contribution in [3.63, 3.8) is 0 Å². The topological polar surface area (TPSA) is 79.0 Å². The monoisotopic (exact) mass is 313 g/mol. The predicted octanol–water partition coefficient (Wildman–Crippen LogP) is -2.88. The fourth-order valence-electron chi connectivity index (χ4n) is 4.41. The molecular formula is C15H31N5O2+2. The zero-order chi connectivity index (χ0) is 14.8. The summed E-state index contributed by atoms with van der Waals surface area (Å²) in [7, 11) is 0. The Bertz CT molecular complexity index is 352. The molecular weight excluding hydrogens is 282 g/mol. The van der Waals surface area contributed by atoms with Gasteiger partial charge in [0.15, 0.2) is 6.23 Å². The quantitative estimate of drug-likeness (QED) is 0.450. The van der Waals surface area contributed by atoms with E-state index in [0.29, 0.717) is 24.3 Å². The second kappa shape index (κ2) is 7.09. The van der Waals surface area contributed by atoms with Crippen molar-refractivity contribution in [3.8, 4) is 0 Å². The van der Waals surface area contributed by atoms with E-state index in [1.165, 1.54) is 38.8 Å². The molecule has 0 aromatic carbocycles. The van der Waals surface area contributed by atoms with Crippen molar-refractivity contribution in [1.29, 1.82) is 0 Å². The maximum atomic E-state index is 5.81. The molecule has 0 spiro atoms. The van der Waals surface area contributed by atoms with Gasteiger partial charge in [0.05, 0.1) is 32.5 Å². The SMILES string of the molecule is C1C[NH2+][C@@H](C2NC(C3CCC(N4CCOCC4)[NH2+]C3)NO2)C1. The van der Waals surface area contributed by atoms with E-state index in [2.05, 4.69) is 26.3 Å². The second-order valence-electron chi connectivity index (χ2n) is 7.16. The van der Waals surface area contributed by atoms with Crippen LogP contribution >= 0.6 is 0 Å². The van der Waals surface area contributed by atoms with Gasteiger partial charge in [-0.05, 0) is 6.42 Å². The van der Waals surface area contributed by atoms with Crippen LogP contribution in [0.1, 0.15) is 25.7 Å². The lowest BCUT2D eigenvalue weighted by Crippen LogP contribution is -2.96. The minimum atomic E-state index is 0.185. The molecule has 0 radical (unpaired) electrons. The van der Waals surface area contributed by atoms with Crippen LogP contribution in [0.2, 0.25) is 0 Å². The highest BCUT2D eigenvalue weighted by atomic mass is 16.7. The van der Waals surface area contributed by atoms with Crippen LogP contribution in [0.4, 0.5) is 0 Å². The van der Waals surface area contributed by atoms with Gasteiger partial charge < -0.3 is 15.4 Å². The zero-order valence-electron chi connectivity index (χ0n) is 13.4. The lowest BCUT2D eigenvalue weighted by atomic mass is 9.94. The third kappa shape index (κ3) is 3.31. The highest BCUT2D eigenvalue weighted by Crippen LogP contribution is 2.19. The molecule has 22 heavy (non-hydrogen) atoms. The van der Waals surface area contributed by atoms with Crippen LogP contribution < -0.4 is 21.4 Å². The standard InChI is InChI=1S/C15H29N5O2/c1-2-12(16-5-1)15-18-14(19-22-15)11-3-4-13(17-10-11)20-6-8-21-9-7-20/h11-19H,1-10H2/p+2/t11?,12-,13?,14?,15?/m1/s1. The fraction of sp³-hybridized carbons (Fsp3) is 1.00. The smallest absolute Gasteiger partial charge is 0.183 e. The zero-order valence-corrected chi connectivity index (χ0v) is 13.4. The van der Waals surface area contributed by atoms with Gasteiger partial charge in [0, 0.05) is 38.3 Å². The van der Waals surface area contributed by atoms with Gasteiger partial charge in [0.25, 0.3) is 0 Å². The Hall–Kier alpha value is -0.280. The first-order valence-corrected chi connectivity index (χ1v) is 9.06. The van der Waals surface area contributed by atoms with Crippen LogP contribution in [0.15, 0.2) is 0 Å². The number of nitrogens with two attached hydrogens (primary N) is 2. The van der Waals surface area contributed by atoms with Crippen molar-refractivity contribution < 1.29 is 20.2 Å². The number of morpholine rings is 1. The highest BCUT2D eigenvalue weighted by Gasteiger charge is 2.41. The normalized spacial score (nSPS) is 44.5. The van der Waals surface area contributed by atoms with Crippen molar-refractivity contribution in [2.75, 3.05) is 39.4 Å². The second-order valence-corrected chi connectivity index (χ2v) is 7.16. The summed E-state index contributed by atoms with van der Waals surface area (Å²) in [6.07, 6.45) is 6.28. The molecule has 0 saturated carbocycles. The van der Waals surface area contributed by atoms with Crippen LogP contribution in [0.5, 0.6) is 0 Å². The van der Waals surface area contributed by atoms with Crippen LogP contribution in [0.25, 0.3) is 0 Å². The number of ether oxygens (including phenoxy) is 1. The summed E-state index contributed by atoms with van der Waals surface area (Å²) in [5.74, 6) is 0.656. The van der Waals surface area contributed by atoms with Crippen LogP contribution in [-0.2, 0) is 9.57 Å². The summed E-state index contributed by atoms with van der Waals surface area (Å²) < 4.78 is 5.46. The number of hydrogen-bond donors (Lipinski definition) is 4. The molecule has 4 saturated heterocycles. The molecule has 4 heterocycles. The molecule has 0 aliphatic carbocycles. The largest absolute Gasteiger partial charge is 0.379 e. The lowest BCUT2D eigenvalue weighted by molar-refractivity contribution is -0.724. The van der Waals surface area contributed by atoms with Gasteiger partial charge in [0.1, 0.15) is 12.2 Å². The lowest BCUT2D eigenvalue weighted by Gasteiger charge is -2.37. The maximum Gasteiger partial charge on any atom is 0.183 e. The Morgan fingerprint density at radius 3 is 2.68 bits per heavy atom. The van der Waals surface area contributed by atoms with Gasteiger partial charge in [-0.2, -0.15) is 5.48 Å². The molecule has 6 N–H and O–H groups in total. The summed E-state index contributed by atoms with van der Waals surface area (Å²) in [5.41, 5.74) is 3.26. The van der Waals surface area contributed by atoms with Crippen LogP contribution in [0.3, 0.4) is 0 Å². The minimum Gasteiger partial charge on any atom is -0.379 e. The fourth-order valence-corrected chi connectivity index (χ4v) is 4.41. The number of nitrogens with zero attached hydrogens (tertiary/aromatic N) is 1. The van der Waals surface area contributed by atoms with Gasteiger partial charge >= 0.3 is 0 Å². The molecule has 0 aromatic rings. The summed E-state index contributed by atoms with van der Waals surface area (Å²) in [4.78, 5) is 8.40. The van der Waals surface area contributed by atoms with E-state index in [1.807, 2.05) is 0 Å². The first-order valence-electron chi connectivity index (χ1n) is 9.06. The average Bonchev–Trinajstić information content (AvgIpc) is 3.27. The Labute approximate surface area is 132 Å². The molecule has 4 rings (SSSR count). The van der Waals surface area contributed by atoms with Gasteiger partial charge in [-0.3, -0.25) is 10.2 Å². The maximum absolute atomic E-state index is 5.81. The Morgan fingerprint density at radius 2 is 1.95 bits per heavy atom. The van der Waals surface area contributed by atoms with Gasteiger partial charge in [-0.1, -0.05) is 0 Å². The predicted molar refractivity (Wildman–Crippen MR) is 80.4 cm³/mol. The molecule has 0 bridgehead atoms. The summed E-state index contributed by atoms with van der Waals surface area (Å²) in [6, 6.07) is 0.589. The number of hydroxylamine groups is 1. The molecule has 0 amide bonds. The number of rotatable bonds is 3. The molecule has 126 valence electrons. The van der Waals surface area contributed by atoms with E-state index in [-0.39, 0.29) is 6.23 Å². The molecule has 4 fully saturated rings. The van der Waals surface area contributed by atoms with E-state index < -0.39 is 0 Å². The van der Waals surface area contributed by atoms with Gasteiger partial charge in [-0.15, -0.1) is 0 Å². The summed E-state index contributed by atoms with van der Waals surface area (Å²) in [5, 5.41) is 8.62. The third-order valence-corrected chi connectivity index (χ3v) is 5.80. The molecule has 7 heteroatoms. The van der Waals surface area contributed by atoms with Crippen molar-refractivity contribution >= 4 is 0 Å². The Balaban J connectivity index is 1.23. The summed E-state index contributed by atoms with van der Waals surface area (Å²) in [6.45, 7) is 6.40. The van der Waals surface area contributed by atoms with Crippen molar-refractivity contribution in [2.24, 2.45) is 5.92 Å². The number of piperidine rings is 1. The Kier molecular flexibility index (Phi) is 4.92. The van der Waals surface area contributed by atoms with Gasteiger partial charge in [0.2, 0.25) is 0 Å². The van der Waals surface area contributed by atoms with E-state index in [4.69, 9.17) is 9.57 Å². The molecule has 4 aliphatic heterocycles. The molecule has 4 aliphatic rings. The van der Waals surface area contributed by atoms with Crippen molar-refractivity contribution in [2.45, 2.75) is 50.3 Å². The summed E-state index contributed by atoms with van der Waals surface area (Å²) >= 11 is 0. The van der Waals surface area contributed by atoms with Gasteiger partial charge in [-0.25, -0.2) is 4.90 Å². The first-order chi connectivity index (χ1) is 10.9. The molecule has 7 nitrogen and oxygen atoms in total. The molecule has 5 atom stereocenters. The van der Waals surface area contributed by atoms with E-state index >= 15 is 0 Å². The first kappa shape index (κ1) is 15.3. The Morgan fingerprint density at radius 1 is 1.05 bits per heavy atom. The number of quaternary nitrogens is 2. The van der Waals surface area contributed by atoms with Crippen LogP contribution in [-0.4, -0.2) is 68.9 Å². The van der Waals surface area contributed by atoms with E-state index in [0.717, 1.165) is 26.3 Å². The molecule has 4 unspecified atom stereocenters. The highest BCUT2D eigenvalue weighted by molar-refractivity contribution is 4.83. The molecule has 0 aromatic heterocycles. The van der Waals surface area contributed by atoms with E-state index in [1.54, 1.807) is 0 Å². The minimum absolute atomic E-state index is 0.185. The third-order valence-electron chi connectivity index (χ3n) is 5.80. The van der Waals surface area contributed by atoms with Crippen molar-refractivity contribution in [3.05, 3.63) is 0 Å². The number of nitrogens with one attached hydrogen (secondary N) is 2. The number of hydrogen-bond acceptors (Lipinski definition) is 5.